The lowest BCUT2D eigenvalue weighted by molar-refractivity contribution is 0.507. The van der Waals surface area contributed by atoms with Crippen molar-refractivity contribution in [1.29, 1.82) is 0 Å². The van der Waals surface area contributed by atoms with E-state index in [0.717, 1.165) is 18.1 Å². The van der Waals surface area contributed by atoms with E-state index in [1.165, 1.54) is 11.6 Å². The third-order valence-electron chi connectivity index (χ3n) is 3.17. The van der Waals surface area contributed by atoms with Gasteiger partial charge in [0.2, 0.25) is 0 Å². The first-order valence-corrected chi connectivity index (χ1v) is 6.71. The van der Waals surface area contributed by atoms with E-state index in [1.807, 2.05) is 24.3 Å². The van der Waals surface area contributed by atoms with Crippen LogP contribution in [0.2, 0.25) is 0 Å². The van der Waals surface area contributed by atoms with Gasteiger partial charge >= 0.3 is 0 Å². The number of rotatable bonds is 4. The third kappa shape index (κ3) is 3.32. The molecule has 0 saturated carbocycles. The number of halogens is 3. The minimum absolute atomic E-state index is 0.235. The maximum Gasteiger partial charge on any atom is 0.159 e. The molecule has 0 amide bonds. The van der Waals surface area contributed by atoms with Gasteiger partial charge in [0.25, 0.3) is 0 Å². The summed E-state index contributed by atoms with van der Waals surface area (Å²) in [5.41, 5.74) is 2.94. The summed E-state index contributed by atoms with van der Waals surface area (Å²) < 4.78 is 26.0. The summed E-state index contributed by atoms with van der Waals surface area (Å²) in [4.78, 5) is 0. The Hall–Kier alpha value is -1.41. The summed E-state index contributed by atoms with van der Waals surface area (Å²) in [6.45, 7) is 2.07. The monoisotopic (exact) mass is 280 g/mol. The molecule has 3 heteroatoms. The van der Waals surface area contributed by atoms with Crippen molar-refractivity contribution in [3.05, 3.63) is 70.8 Å². The first kappa shape index (κ1) is 14.0. The quantitative estimate of drug-likeness (QED) is 0.688. The van der Waals surface area contributed by atoms with Crippen LogP contribution < -0.4 is 0 Å². The van der Waals surface area contributed by atoms with Gasteiger partial charge in [-0.2, -0.15) is 0 Å². The van der Waals surface area contributed by atoms with Crippen molar-refractivity contribution in [2.75, 3.05) is 0 Å². The Morgan fingerprint density at radius 1 is 1.05 bits per heavy atom. The van der Waals surface area contributed by atoms with Gasteiger partial charge in [-0.15, -0.1) is 11.6 Å². The van der Waals surface area contributed by atoms with Gasteiger partial charge in [-0.3, -0.25) is 0 Å². The molecule has 0 radical (unpaired) electrons. The largest absolute Gasteiger partial charge is 0.204 e. The lowest BCUT2D eigenvalue weighted by Gasteiger charge is -2.14. The summed E-state index contributed by atoms with van der Waals surface area (Å²) in [5, 5.41) is -0.235. The molecule has 0 aliphatic carbocycles. The van der Waals surface area contributed by atoms with Crippen LogP contribution in [0.5, 0.6) is 0 Å². The van der Waals surface area contributed by atoms with E-state index in [1.54, 1.807) is 6.07 Å². The number of hydrogen-bond donors (Lipinski definition) is 0. The van der Waals surface area contributed by atoms with Crippen molar-refractivity contribution in [1.82, 2.24) is 0 Å². The normalized spacial score (nSPS) is 12.4. The maximum absolute atomic E-state index is 13.2. The fourth-order valence-corrected chi connectivity index (χ4v) is 2.54. The van der Waals surface area contributed by atoms with Gasteiger partial charge < -0.3 is 0 Å². The average molecular weight is 281 g/mol. The molecule has 0 bridgehead atoms. The summed E-state index contributed by atoms with van der Waals surface area (Å²) in [5.74, 6) is -1.66. The molecular weight excluding hydrogens is 266 g/mol. The van der Waals surface area contributed by atoms with E-state index in [9.17, 15) is 8.78 Å². The molecule has 2 aromatic carbocycles. The molecular formula is C16H15ClF2. The zero-order chi connectivity index (χ0) is 13.8. The minimum Gasteiger partial charge on any atom is -0.204 e. The molecule has 1 unspecified atom stereocenters. The zero-order valence-corrected chi connectivity index (χ0v) is 11.4. The highest BCUT2D eigenvalue weighted by Crippen LogP contribution is 2.28. The molecule has 19 heavy (non-hydrogen) atoms. The van der Waals surface area contributed by atoms with Crippen LogP contribution in [0.15, 0.2) is 42.5 Å². The van der Waals surface area contributed by atoms with E-state index in [2.05, 4.69) is 6.92 Å². The molecule has 0 N–H and O–H groups in total. The van der Waals surface area contributed by atoms with Gasteiger partial charge in [-0.05, 0) is 41.7 Å². The van der Waals surface area contributed by atoms with Gasteiger partial charge in [0.05, 0.1) is 5.38 Å². The molecule has 0 heterocycles. The molecule has 0 aliphatic heterocycles. The van der Waals surface area contributed by atoms with Crippen molar-refractivity contribution >= 4 is 11.6 Å². The van der Waals surface area contributed by atoms with E-state index in [-0.39, 0.29) is 5.38 Å². The minimum atomic E-state index is -0.830. The second-order valence-corrected chi connectivity index (χ2v) is 5.00. The zero-order valence-electron chi connectivity index (χ0n) is 10.7. The molecule has 100 valence electrons. The first-order chi connectivity index (χ1) is 9.11. The molecule has 2 rings (SSSR count). The Kier molecular flexibility index (Phi) is 4.54. The van der Waals surface area contributed by atoms with Gasteiger partial charge in [0.1, 0.15) is 0 Å². The predicted molar refractivity (Wildman–Crippen MR) is 74.5 cm³/mol. The van der Waals surface area contributed by atoms with Crippen LogP contribution in [0.1, 0.15) is 29.0 Å². The highest BCUT2D eigenvalue weighted by molar-refractivity contribution is 6.21. The van der Waals surface area contributed by atoms with Crippen LogP contribution in [-0.2, 0) is 12.8 Å². The summed E-state index contributed by atoms with van der Waals surface area (Å²) in [7, 11) is 0. The predicted octanol–water partition coefficient (Wildman–Crippen LogP) is 5.05. The lowest BCUT2D eigenvalue weighted by Crippen LogP contribution is -2.01. The topological polar surface area (TPSA) is 0 Å². The number of hydrogen-bond acceptors (Lipinski definition) is 0. The highest BCUT2D eigenvalue weighted by atomic mass is 35.5. The Bertz CT molecular complexity index is 566. The van der Waals surface area contributed by atoms with Crippen LogP contribution in [0, 0.1) is 11.6 Å². The van der Waals surface area contributed by atoms with Gasteiger partial charge in [0, 0.05) is 0 Å². The summed E-state index contributed by atoms with van der Waals surface area (Å²) >= 11 is 6.40. The van der Waals surface area contributed by atoms with Crippen LogP contribution in [0.25, 0.3) is 0 Å². The smallest absolute Gasteiger partial charge is 0.159 e. The lowest BCUT2D eigenvalue weighted by atomic mass is 9.98. The molecule has 0 nitrogen and oxygen atoms in total. The number of benzene rings is 2. The van der Waals surface area contributed by atoms with E-state index in [4.69, 9.17) is 11.6 Å². The Balaban J connectivity index is 2.20. The molecule has 1 atom stereocenters. The van der Waals surface area contributed by atoms with Crippen LogP contribution in [0.4, 0.5) is 8.78 Å². The molecule has 0 saturated heterocycles. The number of aryl methyl sites for hydroxylation is 1. The van der Waals surface area contributed by atoms with Gasteiger partial charge in [-0.1, -0.05) is 37.3 Å². The Labute approximate surface area is 117 Å². The van der Waals surface area contributed by atoms with Crippen LogP contribution in [-0.4, -0.2) is 0 Å². The Morgan fingerprint density at radius 2 is 1.79 bits per heavy atom. The van der Waals surface area contributed by atoms with Crippen molar-refractivity contribution in [3.8, 4) is 0 Å². The molecule has 0 fully saturated rings. The standard InChI is InChI=1S/C16H15ClF2/c1-2-12-5-3-4-6-13(12)14(17)9-11-7-8-15(18)16(19)10-11/h3-8,10,14H,2,9H2,1H3. The molecule has 2 aromatic rings. The van der Waals surface area contributed by atoms with E-state index >= 15 is 0 Å². The van der Waals surface area contributed by atoms with Crippen LogP contribution >= 0.6 is 11.6 Å². The summed E-state index contributed by atoms with van der Waals surface area (Å²) in [6, 6.07) is 11.9. The van der Waals surface area contributed by atoms with E-state index < -0.39 is 11.6 Å². The van der Waals surface area contributed by atoms with Crippen molar-refractivity contribution in [2.45, 2.75) is 25.1 Å². The number of alkyl halides is 1. The van der Waals surface area contributed by atoms with Crippen molar-refractivity contribution in [2.24, 2.45) is 0 Å². The first-order valence-electron chi connectivity index (χ1n) is 6.27. The average Bonchev–Trinajstić information content (AvgIpc) is 2.43. The third-order valence-corrected chi connectivity index (χ3v) is 3.56. The van der Waals surface area contributed by atoms with Gasteiger partial charge in [-0.25, -0.2) is 8.78 Å². The summed E-state index contributed by atoms with van der Waals surface area (Å²) in [6.07, 6.45) is 1.38. The molecule has 0 aliphatic rings. The Morgan fingerprint density at radius 3 is 2.47 bits per heavy atom. The van der Waals surface area contributed by atoms with E-state index in [0.29, 0.717) is 12.0 Å². The maximum atomic E-state index is 13.2. The molecule has 0 aromatic heterocycles. The highest BCUT2D eigenvalue weighted by Gasteiger charge is 2.13. The fraction of sp³-hybridized carbons (Fsp3) is 0.250. The fourth-order valence-electron chi connectivity index (χ4n) is 2.15. The van der Waals surface area contributed by atoms with Crippen molar-refractivity contribution < 1.29 is 8.78 Å². The van der Waals surface area contributed by atoms with Crippen molar-refractivity contribution in [3.63, 3.8) is 0 Å². The van der Waals surface area contributed by atoms with Crippen LogP contribution in [0.3, 0.4) is 0 Å². The molecule has 0 spiro atoms. The SMILES string of the molecule is CCc1ccccc1C(Cl)Cc1ccc(F)c(F)c1. The second kappa shape index (κ2) is 6.16. The second-order valence-electron chi connectivity index (χ2n) is 4.47. The van der Waals surface area contributed by atoms with Gasteiger partial charge in [0.15, 0.2) is 11.6 Å².